The van der Waals surface area contributed by atoms with Gasteiger partial charge in [-0.1, -0.05) is 12.2 Å². The molecule has 1 aliphatic carbocycles. The summed E-state index contributed by atoms with van der Waals surface area (Å²) in [4.78, 5) is 14.3. The maximum absolute atomic E-state index is 12.0. The van der Waals surface area contributed by atoms with Crippen LogP contribution in [0.5, 0.6) is 0 Å². The third-order valence-electron chi connectivity index (χ3n) is 3.82. The molecule has 1 saturated heterocycles. The second kappa shape index (κ2) is 5.08. The van der Waals surface area contributed by atoms with E-state index in [9.17, 15) is 4.79 Å². The average Bonchev–Trinajstić information content (AvgIpc) is 3.09. The molecule has 0 aromatic heterocycles. The Kier molecular flexibility index (Phi) is 3.28. The van der Waals surface area contributed by atoms with Gasteiger partial charge in [0, 0.05) is 24.3 Å². The van der Waals surface area contributed by atoms with Crippen LogP contribution in [0.25, 0.3) is 6.08 Å². The number of rotatable bonds is 3. The van der Waals surface area contributed by atoms with Crippen molar-refractivity contribution in [1.82, 2.24) is 0 Å². The van der Waals surface area contributed by atoms with Crippen LogP contribution in [0.2, 0.25) is 0 Å². The van der Waals surface area contributed by atoms with Crippen LogP contribution in [0.1, 0.15) is 41.3 Å². The summed E-state index contributed by atoms with van der Waals surface area (Å²) in [6, 6.07) is 3.98. The maximum atomic E-state index is 12.0. The van der Waals surface area contributed by atoms with Crippen LogP contribution < -0.4 is 4.90 Å². The van der Waals surface area contributed by atoms with Gasteiger partial charge >= 0.3 is 5.97 Å². The molecule has 0 spiro atoms. The normalized spacial score (nSPS) is 16.8. The van der Waals surface area contributed by atoms with Gasteiger partial charge in [-0.05, 0) is 43.9 Å². The van der Waals surface area contributed by atoms with Gasteiger partial charge in [0.25, 0.3) is 0 Å². The van der Waals surface area contributed by atoms with Crippen molar-refractivity contribution in [2.24, 2.45) is 0 Å². The van der Waals surface area contributed by atoms with Crippen LogP contribution in [-0.4, -0.2) is 25.7 Å². The molecule has 0 radical (unpaired) electrons. The molecule has 0 amide bonds. The van der Waals surface area contributed by atoms with Gasteiger partial charge in [0.05, 0.1) is 12.2 Å². The topological polar surface area (TPSA) is 29.5 Å². The number of ether oxygens (including phenoxy) is 1. The summed E-state index contributed by atoms with van der Waals surface area (Å²) in [6.07, 6.45) is 7.74. The Morgan fingerprint density at radius 3 is 2.84 bits per heavy atom. The summed E-state index contributed by atoms with van der Waals surface area (Å²) in [5.74, 6) is -0.211. The highest BCUT2D eigenvalue weighted by Crippen LogP contribution is 2.33. The number of hydrogen-bond donors (Lipinski definition) is 0. The minimum Gasteiger partial charge on any atom is -0.462 e. The Hall–Kier alpha value is -1.77. The van der Waals surface area contributed by atoms with E-state index in [1.165, 1.54) is 29.7 Å². The third-order valence-corrected chi connectivity index (χ3v) is 3.82. The molecule has 1 heterocycles. The largest absolute Gasteiger partial charge is 0.462 e. The smallest absolute Gasteiger partial charge is 0.338 e. The Balaban J connectivity index is 2.00. The molecule has 0 saturated carbocycles. The lowest BCUT2D eigenvalue weighted by Crippen LogP contribution is -2.20. The van der Waals surface area contributed by atoms with Crippen LogP contribution in [0.15, 0.2) is 18.2 Å². The molecule has 1 aliphatic heterocycles. The van der Waals surface area contributed by atoms with E-state index in [1.807, 2.05) is 19.1 Å². The molecule has 19 heavy (non-hydrogen) atoms. The average molecular weight is 257 g/mol. The molecule has 1 aromatic carbocycles. The minimum absolute atomic E-state index is 0.211. The van der Waals surface area contributed by atoms with Crippen LogP contribution in [0, 0.1) is 0 Å². The Bertz CT molecular complexity index is 528. The third kappa shape index (κ3) is 2.25. The number of nitrogens with zero attached hydrogens (tertiary/aromatic N) is 1. The van der Waals surface area contributed by atoms with E-state index in [-0.39, 0.29) is 5.97 Å². The number of allylic oxidation sites excluding steroid dienone is 1. The molecule has 1 fully saturated rings. The Morgan fingerprint density at radius 2 is 2.11 bits per heavy atom. The van der Waals surface area contributed by atoms with Crippen molar-refractivity contribution in [2.75, 3.05) is 24.6 Å². The first-order chi connectivity index (χ1) is 9.29. The standard InChI is InChI=1S/C16H19NO2/c1-2-19-16(18)13-10-12-6-5-7-14(12)15(11-13)17-8-3-4-9-17/h5,7,10-11H,2-4,6,8-9H2,1H3. The molecule has 1 aromatic rings. The molecule has 0 unspecified atom stereocenters. The fourth-order valence-electron chi connectivity index (χ4n) is 2.91. The van der Waals surface area contributed by atoms with Gasteiger partial charge < -0.3 is 9.64 Å². The Morgan fingerprint density at radius 1 is 1.32 bits per heavy atom. The van der Waals surface area contributed by atoms with E-state index in [0.29, 0.717) is 12.2 Å². The zero-order chi connectivity index (χ0) is 13.2. The predicted molar refractivity (Wildman–Crippen MR) is 76.6 cm³/mol. The van der Waals surface area contributed by atoms with Crippen molar-refractivity contribution >= 4 is 17.7 Å². The molecule has 3 rings (SSSR count). The number of esters is 1. The second-order valence-corrected chi connectivity index (χ2v) is 5.09. The van der Waals surface area contributed by atoms with Gasteiger partial charge in [-0.2, -0.15) is 0 Å². The van der Waals surface area contributed by atoms with E-state index in [0.717, 1.165) is 19.5 Å². The predicted octanol–water partition coefficient (Wildman–Crippen LogP) is 3.03. The van der Waals surface area contributed by atoms with Crippen molar-refractivity contribution in [3.8, 4) is 0 Å². The van der Waals surface area contributed by atoms with Crippen LogP contribution in [-0.2, 0) is 11.2 Å². The fourth-order valence-corrected chi connectivity index (χ4v) is 2.91. The van der Waals surface area contributed by atoms with E-state index < -0.39 is 0 Å². The molecule has 3 heteroatoms. The zero-order valence-corrected chi connectivity index (χ0v) is 11.3. The van der Waals surface area contributed by atoms with Crippen molar-refractivity contribution < 1.29 is 9.53 Å². The number of benzene rings is 1. The summed E-state index contributed by atoms with van der Waals surface area (Å²) < 4.78 is 5.13. The van der Waals surface area contributed by atoms with Crippen molar-refractivity contribution in [1.29, 1.82) is 0 Å². The Labute approximate surface area is 113 Å². The zero-order valence-electron chi connectivity index (χ0n) is 11.3. The molecule has 0 N–H and O–H groups in total. The number of carbonyl (C=O) groups excluding carboxylic acids is 1. The van der Waals surface area contributed by atoms with E-state index in [2.05, 4.69) is 17.1 Å². The first-order valence-electron chi connectivity index (χ1n) is 7.05. The molecule has 2 aliphatic rings. The van der Waals surface area contributed by atoms with Crippen molar-refractivity contribution in [3.05, 3.63) is 34.9 Å². The lowest BCUT2D eigenvalue weighted by molar-refractivity contribution is 0.0526. The lowest BCUT2D eigenvalue weighted by Gasteiger charge is -2.21. The summed E-state index contributed by atoms with van der Waals surface area (Å²) >= 11 is 0. The highest BCUT2D eigenvalue weighted by atomic mass is 16.5. The summed E-state index contributed by atoms with van der Waals surface area (Å²) in [6.45, 7) is 4.44. The van der Waals surface area contributed by atoms with E-state index in [4.69, 9.17) is 4.74 Å². The van der Waals surface area contributed by atoms with Gasteiger partial charge in [0.1, 0.15) is 0 Å². The van der Waals surface area contributed by atoms with Gasteiger partial charge in [-0.25, -0.2) is 4.79 Å². The van der Waals surface area contributed by atoms with E-state index >= 15 is 0 Å². The van der Waals surface area contributed by atoms with Gasteiger partial charge in [-0.3, -0.25) is 0 Å². The highest BCUT2D eigenvalue weighted by molar-refractivity contribution is 5.93. The first kappa shape index (κ1) is 12.3. The summed E-state index contributed by atoms with van der Waals surface area (Å²) in [7, 11) is 0. The number of anilines is 1. The van der Waals surface area contributed by atoms with Gasteiger partial charge in [0.15, 0.2) is 0 Å². The summed E-state index contributed by atoms with van der Waals surface area (Å²) in [5.41, 5.74) is 4.42. The second-order valence-electron chi connectivity index (χ2n) is 5.09. The number of carbonyl (C=O) groups is 1. The monoisotopic (exact) mass is 257 g/mol. The molecule has 0 bridgehead atoms. The van der Waals surface area contributed by atoms with Crippen LogP contribution >= 0.6 is 0 Å². The van der Waals surface area contributed by atoms with Crippen molar-refractivity contribution in [3.63, 3.8) is 0 Å². The molecular weight excluding hydrogens is 238 g/mol. The molecular formula is C16H19NO2. The van der Waals surface area contributed by atoms with Crippen LogP contribution in [0.4, 0.5) is 5.69 Å². The SMILES string of the molecule is CCOC(=O)c1cc2c(c(N3CCCC3)c1)C=CC2. The van der Waals surface area contributed by atoms with E-state index in [1.54, 1.807) is 0 Å². The lowest BCUT2D eigenvalue weighted by atomic mass is 10.0. The quantitative estimate of drug-likeness (QED) is 0.779. The summed E-state index contributed by atoms with van der Waals surface area (Å²) in [5, 5.41) is 0. The number of fused-ring (bicyclic) bond motifs is 1. The fraction of sp³-hybridized carbons (Fsp3) is 0.438. The molecule has 100 valence electrons. The van der Waals surface area contributed by atoms with Gasteiger partial charge in [-0.15, -0.1) is 0 Å². The molecule has 0 atom stereocenters. The molecule has 3 nitrogen and oxygen atoms in total. The maximum Gasteiger partial charge on any atom is 0.338 e. The van der Waals surface area contributed by atoms with Crippen LogP contribution in [0.3, 0.4) is 0 Å². The van der Waals surface area contributed by atoms with Gasteiger partial charge in [0.2, 0.25) is 0 Å². The van der Waals surface area contributed by atoms with Crippen molar-refractivity contribution in [2.45, 2.75) is 26.2 Å². The minimum atomic E-state index is -0.211. The highest BCUT2D eigenvalue weighted by Gasteiger charge is 2.21. The first-order valence-corrected chi connectivity index (χ1v) is 7.05. The number of hydrogen-bond acceptors (Lipinski definition) is 3.